The Hall–Kier alpha value is -2.63. The number of carbonyl (C=O) groups excluding carboxylic acids is 1. The molecular formula is C19H14ClNO3S. The van der Waals surface area contributed by atoms with Gasteiger partial charge in [-0.25, -0.2) is 0 Å². The average Bonchev–Trinajstić information content (AvgIpc) is 2.94. The van der Waals surface area contributed by atoms with E-state index in [1.807, 2.05) is 24.3 Å². The number of hydrogen-bond acceptors (Lipinski definition) is 4. The van der Waals surface area contributed by atoms with Gasteiger partial charge >= 0.3 is 0 Å². The molecule has 2 aromatic carbocycles. The molecule has 25 heavy (non-hydrogen) atoms. The summed E-state index contributed by atoms with van der Waals surface area (Å²) < 4.78 is 6.19. The molecule has 0 aliphatic heterocycles. The number of methoxy groups -OCH3 is 1. The number of ketones is 1. The minimum Gasteiger partial charge on any atom is -0.497 e. The third kappa shape index (κ3) is 4.26. The summed E-state index contributed by atoms with van der Waals surface area (Å²) in [4.78, 5) is 27.1. The van der Waals surface area contributed by atoms with Crippen molar-refractivity contribution in [1.29, 1.82) is 0 Å². The number of hydrogen-bond donors (Lipinski definition) is 1. The maximum Gasteiger partial charge on any atom is 0.266 e. The van der Waals surface area contributed by atoms with Gasteiger partial charge in [0.25, 0.3) is 5.56 Å². The van der Waals surface area contributed by atoms with E-state index in [1.165, 1.54) is 17.4 Å². The molecule has 0 spiro atoms. The fourth-order valence-corrected chi connectivity index (χ4v) is 3.23. The molecule has 1 heterocycles. The van der Waals surface area contributed by atoms with E-state index in [0.29, 0.717) is 25.5 Å². The molecule has 0 fully saturated rings. The Bertz CT molecular complexity index is 1080. The normalized spacial score (nSPS) is 12.4. The van der Waals surface area contributed by atoms with E-state index in [2.05, 4.69) is 4.98 Å². The number of nitrogens with one attached hydrogen (secondary N) is 1. The standard InChI is InChI=1S/C19H14ClNO3S/c1-24-15-4-2-3-12(9-15)10-17-19(23)21-18(25-17)11-16(22)13-5-7-14(20)8-6-13/h2-11H,1H3,(H,21,23)/b17-10-,18-11-. The molecular weight excluding hydrogens is 358 g/mol. The van der Waals surface area contributed by atoms with Crippen molar-refractivity contribution in [1.82, 2.24) is 4.98 Å². The summed E-state index contributed by atoms with van der Waals surface area (Å²) in [6.07, 6.45) is 3.17. The number of ether oxygens (including phenoxy) is 1. The maximum absolute atomic E-state index is 12.2. The molecule has 0 aliphatic carbocycles. The van der Waals surface area contributed by atoms with E-state index in [4.69, 9.17) is 16.3 Å². The van der Waals surface area contributed by atoms with E-state index in [9.17, 15) is 9.59 Å². The molecule has 0 unspecified atom stereocenters. The van der Waals surface area contributed by atoms with Crippen LogP contribution in [0.4, 0.5) is 0 Å². The molecule has 0 saturated carbocycles. The highest BCUT2D eigenvalue weighted by Gasteiger charge is 2.03. The Kier molecular flexibility index (Phi) is 5.16. The SMILES string of the molecule is COc1cccc(/C=c2\s/c(=C\C(=O)c3ccc(Cl)cc3)[nH]c2=O)c1. The van der Waals surface area contributed by atoms with Crippen LogP contribution < -0.4 is 19.5 Å². The van der Waals surface area contributed by atoms with Crippen LogP contribution in [0.5, 0.6) is 5.75 Å². The Morgan fingerprint density at radius 2 is 1.96 bits per heavy atom. The first-order valence-corrected chi connectivity index (χ1v) is 8.61. The minimum absolute atomic E-state index is 0.193. The Labute approximate surface area is 152 Å². The van der Waals surface area contributed by atoms with Gasteiger partial charge < -0.3 is 9.72 Å². The van der Waals surface area contributed by atoms with Crippen LogP contribution in [0.2, 0.25) is 5.02 Å². The van der Waals surface area contributed by atoms with Crippen LogP contribution in [0.1, 0.15) is 15.9 Å². The van der Waals surface area contributed by atoms with Gasteiger partial charge in [-0.2, -0.15) is 0 Å². The molecule has 0 amide bonds. The number of Topliss-reactive ketones (excluding diaryl/α,β-unsaturated/α-hetero) is 1. The molecule has 4 nitrogen and oxygen atoms in total. The van der Waals surface area contributed by atoms with Crippen LogP contribution in [-0.4, -0.2) is 17.9 Å². The number of thiazole rings is 1. The zero-order valence-electron chi connectivity index (χ0n) is 13.3. The van der Waals surface area contributed by atoms with Crippen LogP contribution in [0.15, 0.2) is 53.3 Å². The molecule has 1 aromatic heterocycles. The predicted molar refractivity (Wildman–Crippen MR) is 101 cm³/mol. The topological polar surface area (TPSA) is 59.2 Å². The van der Waals surface area contributed by atoms with Crippen molar-refractivity contribution in [2.45, 2.75) is 0 Å². The van der Waals surface area contributed by atoms with Crippen molar-refractivity contribution in [3.63, 3.8) is 0 Å². The van der Waals surface area contributed by atoms with Crippen molar-refractivity contribution in [3.8, 4) is 5.75 Å². The van der Waals surface area contributed by atoms with Gasteiger partial charge in [0, 0.05) is 16.7 Å². The first kappa shape index (κ1) is 17.2. The average molecular weight is 372 g/mol. The smallest absolute Gasteiger partial charge is 0.266 e. The first-order chi connectivity index (χ1) is 12.0. The van der Waals surface area contributed by atoms with Crippen LogP contribution in [-0.2, 0) is 0 Å². The number of benzene rings is 2. The molecule has 126 valence electrons. The fourth-order valence-electron chi connectivity index (χ4n) is 2.22. The van der Waals surface area contributed by atoms with E-state index in [-0.39, 0.29) is 11.3 Å². The summed E-state index contributed by atoms with van der Waals surface area (Å²) in [5.41, 5.74) is 1.13. The van der Waals surface area contributed by atoms with Gasteiger partial charge in [-0.1, -0.05) is 23.7 Å². The largest absolute Gasteiger partial charge is 0.497 e. The molecule has 3 aromatic rings. The van der Waals surface area contributed by atoms with Gasteiger partial charge in [0.2, 0.25) is 0 Å². The van der Waals surface area contributed by atoms with Crippen molar-refractivity contribution in [2.24, 2.45) is 0 Å². The van der Waals surface area contributed by atoms with Crippen LogP contribution >= 0.6 is 22.9 Å². The molecule has 0 radical (unpaired) electrons. The Morgan fingerprint density at radius 3 is 2.68 bits per heavy atom. The quantitative estimate of drug-likeness (QED) is 0.717. The highest BCUT2D eigenvalue weighted by Crippen LogP contribution is 2.12. The number of rotatable bonds is 4. The Balaban J connectivity index is 1.96. The lowest BCUT2D eigenvalue weighted by atomic mass is 10.1. The van der Waals surface area contributed by atoms with Crippen LogP contribution in [0.3, 0.4) is 0 Å². The lowest BCUT2D eigenvalue weighted by Gasteiger charge is -1.99. The van der Waals surface area contributed by atoms with Crippen LogP contribution in [0, 0.1) is 0 Å². The Morgan fingerprint density at radius 1 is 1.20 bits per heavy atom. The van der Waals surface area contributed by atoms with Crippen molar-refractivity contribution in [2.75, 3.05) is 7.11 Å². The lowest BCUT2D eigenvalue weighted by Crippen LogP contribution is -2.20. The van der Waals surface area contributed by atoms with Gasteiger partial charge in [0.05, 0.1) is 16.3 Å². The monoisotopic (exact) mass is 371 g/mol. The second-order valence-corrected chi connectivity index (χ2v) is 6.74. The second kappa shape index (κ2) is 7.51. The third-order valence-corrected chi connectivity index (χ3v) is 4.68. The third-order valence-electron chi connectivity index (χ3n) is 3.46. The summed E-state index contributed by atoms with van der Waals surface area (Å²) >= 11 is 7.05. The van der Waals surface area contributed by atoms with Crippen molar-refractivity contribution < 1.29 is 9.53 Å². The van der Waals surface area contributed by atoms with E-state index in [0.717, 1.165) is 5.56 Å². The number of carbonyl (C=O) groups is 1. The highest BCUT2D eigenvalue weighted by molar-refractivity contribution is 7.07. The van der Waals surface area contributed by atoms with Gasteiger partial charge in [-0.15, -0.1) is 11.3 Å². The summed E-state index contributed by atoms with van der Waals surface area (Å²) in [7, 11) is 1.59. The fraction of sp³-hybridized carbons (Fsp3) is 0.0526. The maximum atomic E-state index is 12.2. The predicted octanol–water partition coefficient (Wildman–Crippen LogP) is 2.59. The molecule has 0 atom stereocenters. The minimum atomic E-state index is -0.233. The summed E-state index contributed by atoms with van der Waals surface area (Å²) in [5.74, 6) is 0.522. The summed E-state index contributed by atoms with van der Waals surface area (Å²) in [6.45, 7) is 0. The zero-order chi connectivity index (χ0) is 17.8. The first-order valence-electron chi connectivity index (χ1n) is 7.42. The van der Waals surface area contributed by atoms with Gasteiger partial charge in [0.15, 0.2) is 5.78 Å². The molecule has 3 rings (SSSR count). The number of aromatic nitrogens is 1. The number of halogens is 1. The number of aromatic amines is 1. The summed E-state index contributed by atoms with van der Waals surface area (Å²) in [6, 6.07) is 14.0. The highest BCUT2D eigenvalue weighted by atomic mass is 35.5. The van der Waals surface area contributed by atoms with E-state index < -0.39 is 0 Å². The molecule has 0 saturated heterocycles. The lowest BCUT2D eigenvalue weighted by molar-refractivity contribution is 0.106. The molecule has 0 bridgehead atoms. The van der Waals surface area contributed by atoms with Gasteiger partial charge in [0.1, 0.15) is 5.75 Å². The van der Waals surface area contributed by atoms with E-state index >= 15 is 0 Å². The van der Waals surface area contributed by atoms with Gasteiger partial charge in [-0.3, -0.25) is 9.59 Å². The molecule has 6 heteroatoms. The zero-order valence-corrected chi connectivity index (χ0v) is 14.9. The molecule has 0 aliphatic rings. The van der Waals surface area contributed by atoms with E-state index in [1.54, 1.807) is 37.5 Å². The van der Waals surface area contributed by atoms with Gasteiger partial charge in [-0.05, 0) is 48.0 Å². The van der Waals surface area contributed by atoms with Crippen molar-refractivity contribution in [3.05, 3.63) is 84.2 Å². The van der Waals surface area contributed by atoms with Crippen molar-refractivity contribution >= 4 is 40.9 Å². The summed E-state index contributed by atoms with van der Waals surface area (Å²) in [5, 5.41) is 0.566. The second-order valence-electron chi connectivity index (χ2n) is 5.22. The molecule has 1 N–H and O–H groups in total. The van der Waals surface area contributed by atoms with Crippen LogP contribution in [0.25, 0.3) is 12.2 Å². The number of H-pyrrole nitrogens is 1.